The molecule has 2 aromatic carbocycles. The van der Waals surface area contributed by atoms with Crippen molar-refractivity contribution < 1.29 is 31.5 Å². The Hall–Kier alpha value is -2.47. The zero-order valence-electron chi connectivity index (χ0n) is 22.4. The molecule has 2 aliphatic heterocycles. The lowest BCUT2D eigenvalue weighted by atomic mass is 9.66. The van der Waals surface area contributed by atoms with Crippen LogP contribution in [0.15, 0.2) is 42.5 Å². The number of piperidine rings is 2. The van der Waals surface area contributed by atoms with Crippen LogP contribution in [0.2, 0.25) is 0 Å². The Morgan fingerprint density at radius 3 is 2.59 bits per heavy atom. The fourth-order valence-corrected chi connectivity index (χ4v) is 6.34. The highest BCUT2D eigenvalue weighted by molar-refractivity contribution is 7.88. The number of nitrogens with zero attached hydrogens (tertiary/aromatic N) is 3. The van der Waals surface area contributed by atoms with Gasteiger partial charge in [-0.2, -0.15) is 0 Å². The van der Waals surface area contributed by atoms with Crippen molar-refractivity contribution >= 4 is 15.8 Å². The monoisotopic (exact) mass is 566 g/mol. The van der Waals surface area contributed by atoms with Crippen LogP contribution in [-0.2, 0) is 10.0 Å². The Kier molecular flexibility index (Phi) is 8.75. The predicted octanol–water partition coefficient (Wildman–Crippen LogP) is 3.65. The van der Waals surface area contributed by atoms with E-state index in [4.69, 9.17) is 0 Å². The fraction of sp³-hybridized carbons (Fsp3) is 0.536. The minimum atomic E-state index is -3.47. The number of likely N-dealkylation sites (N-methyl/N-ethyl adjacent to an activating group) is 1. The highest BCUT2D eigenvalue weighted by atomic mass is 32.2. The number of rotatable bonds is 8. The van der Waals surface area contributed by atoms with Gasteiger partial charge in [0.05, 0.1) is 12.3 Å². The summed E-state index contributed by atoms with van der Waals surface area (Å²) in [6.07, 6.45) is 1.02. The molecule has 0 bridgehead atoms. The number of aromatic hydroxyl groups is 1. The average molecular weight is 567 g/mol. The Bertz CT molecular complexity index is 1310. The van der Waals surface area contributed by atoms with Crippen molar-refractivity contribution in [3.63, 3.8) is 0 Å². The van der Waals surface area contributed by atoms with E-state index in [0.29, 0.717) is 11.1 Å². The zero-order valence-corrected chi connectivity index (χ0v) is 23.2. The van der Waals surface area contributed by atoms with Crippen molar-refractivity contribution in [3.05, 3.63) is 65.0 Å². The van der Waals surface area contributed by atoms with Gasteiger partial charge in [0.15, 0.2) is 5.78 Å². The van der Waals surface area contributed by atoms with E-state index in [9.17, 15) is 22.7 Å². The number of halogens is 3. The minimum absolute atomic E-state index is 0.104. The van der Waals surface area contributed by atoms with Crippen LogP contribution in [0, 0.1) is 24.6 Å². The van der Waals surface area contributed by atoms with Crippen LogP contribution in [0.25, 0.3) is 0 Å². The molecule has 2 saturated heterocycles. The molecule has 213 valence electrons. The minimum Gasteiger partial charge on any atom is -0.508 e. The van der Waals surface area contributed by atoms with Gasteiger partial charge in [-0.3, -0.25) is 4.79 Å². The van der Waals surface area contributed by atoms with Crippen LogP contribution in [0.5, 0.6) is 5.75 Å². The number of phenols is 1. The number of benzene rings is 2. The molecule has 2 aliphatic rings. The lowest BCUT2D eigenvalue weighted by molar-refractivity contribution is -0.0962. The molecule has 11 heteroatoms. The van der Waals surface area contributed by atoms with Crippen LogP contribution in [0.4, 0.5) is 13.2 Å². The van der Waals surface area contributed by atoms with Crippen molar-refractivity contribution in [3.8, 4) is 5.75 Å². The lowest BCUT2D eigenvalue weighted by Gasteiger charge is -2.49. The second-order valence-electron chi connectivity index (χ2n) is 10.7. The summed E-state index contributed by atoms with van der Waals surface area (Å²) in [7, 11) is -2.03. The van der Waals surface area contributed by atoms with Gasteiger partial charge in [0.2, 0.25) is 10.0 Å². The van der Waals surface area contributed by atoms with E-state index in [2.05, 4.69) is 5.32 Å². The zero-order chi connectivity index (χ0) is 28.5. The van der Waals surface area contributed by atoms with Gasteiger partial charge in [-0.25, -0.2) is 31.2 Å². The van der Waals surface area contributed by atoms with Crippen molar-refractivity contribution in [2.75, 3.05) is 46.0 Å². The molecule has 0 aromatic heterocycles. The molecular weight excluding hydrogens is 531 g/mol. The normalized spacial score (nSPS) is 26.0. The molecule has 2 aromatic rings. The molecule has 0 saturated carbocycles. The van der Waals surface area contributed by atoms with Gasteiger partial charge in [0, 0.05) is 69.5 Å². The number of phenolic OH excluding ortho intramolecular Hbond substituents is 1. The number of ketones is 1. The molecule has 2 fully saturated rings. The summed E-state index contributed by atoms with van der Waals surface area (Å²) in [5.41, 5.74) is 1.01. The molecule has 4 rings (SSSR count). The summed E-state index contributed by atoms with van der Waals surface area (Å²) in [6.45, 7) is 2.49. The highest BCUT2D eigenvalue weighted by Crippen LogP contribution is 2.47. The second kappa shape index (κ2) is 11.6. The van der Waals surface area contributed by atoms with Crippen molar-refractivity contribution in [1.29, 1.82) is 0 Å². The molecular formula is C28H35F3N3O4S. The SMILES string of the molecule is Cc1c(F)cccc1[C@H]1[C@@H](C(=O)c2cccc(O)c2)CN(CCN(C)S(C)(=O)=O)C[C@@H]1C1[N]CCCC1(F)F. The van der Waals surface area contributed by atoms with Gasteiger partial charge in [0.25, 0.3) is 5.92 Å². The smallest absolute Gasteiger partial charge is 0.265 e. The summed E-state index contributed by atoms with van der Waals surface area (Å²) in [4.78, 5) is 15.8. The summed E-state index contributed by atoms with van der Waals surface area (Å²) in [5.74, 6) is -6.51. The van der Waals surface area contributed by atoms with Crippen molar-refractivity contribution in [2.45, 2.75) is 37.6 Å². The Morgan fingerprint density at radius 2 is 1.92 bits per heavy atom. The van der Waals surface area contributed by atoms with Gasteiger partial charge < -0.3 is 10.0 Å². The van der Waals surface area contributed by atoms with E-state index < -0.39 is 45.6 Å². The third kappa shape index (κ3) is 6.48. The maximum absolute atomic E-state index is 15.4. The van der Waals surface area contributed by atoms with E-state index in [0.717, 1.165) is 6.26 Å². The average Bonchev–Trinajstić information content (AvgIpc) is 2.87. The van der Waals surface area contributed by atoms with E-state index >= 15 is 8.78 Å². The number of sulfonamides is 1. The molecule has 39 heavy (non-hydrogen) atoms. The maximum Gasteiger partial charge on any atom is 0.265 e. The summed E-state index contributed by atoms with van der Waals surface area (Å²) >= 11 is 0. The number of alkyl halides is 2. The third-order valence-electron chi connectivity index (χ3n) is 8.08. The molecule has 4 atom stereocenters. The predicted molar refractivity (Wildman–Crippen MR) is 142 cm³/mol. The molecule has 0 aliphatic carbocycles. The standard InChI is InChI=1S/C28H35F3N3O4S/c1-18-21(9-5-10-24(18)29)25-22(26(36)19-7-4-8-20(35)15-19)16-34(14-13-33(2)39(3,37)38)17-23(25)27-28(30,31)11-6-12-32-27/h4-5,7-10,15,22-23,25,27,35H,6,11-14,16-17H2,1-3H3/t22-,23-,25-,27?/m0/s1. The van der Waals surface area contributed by atoms with Crippen LogP contribution >= 0.6 is 0 Å². The quantitative estimate of drug-likeness (QED) is 0.493. The summed E-state index contributed by atoms with van der Waals surface area (Å²) < 4.78 is 70.8. The van der Waals surface area contributed by atoms with Crippen LogP contribution < -0.4 is 5.32 Å². The molecule has 1 radical (unpaired) electrons. The molecule has 0 amide bonds. The summed E-state index contributed by atoms with van der Waals surface area (Å²) in [5, 5.41) is 14.4. The lowest BCUT2D eigenvalue weighted by Crippen LogP contribution is -2.59. The maximum atomic E-state index is 15.4. The molecule has 1 unspecified atom stereocenters. The second-order valence-corrected chi connectivity index (χ2v) is 12.8. The van der Waals surface area contributed by atoms with E-state index in [-0.39, 0.29) is 62.7 Å². The first kappa shape index (κ1) is 29.5. The first-order chi connectivity index (χ1) is 18.3. The Balaban J connectivity index is 1.81. The topological polar surface area (TPSA) is 92.0 Å². The summed E-state index contributed by atoms with van der Waals surface area (Å²) in [6, 6.07) is 8.99. The van der Waals surface area contributed by atoms with Crippen molar-refractivity contribution in [1.82, 2.24) is 14.5 Å². The number of carbonyl (C=O) groups is 1. The largest absolute Gasteiger partial charge is 0.508 e. The van der Waals surface area contributed by atoms with Crippen LogP contribution in [-0.4, -0.2) is 86.5 Å². The van der Waals surface area contributed by atoms with Crippen molar-refractivity contribution in [2.24, 2.45) is 11.8 Å². The highest BCUT2D eigenvalue weighted by Gasteiger charge is 2.53. The van der Waals surface area contributed by atoms with Gasteiger partial charge in [-0.15, -0.1) is 0 Å². The van der Waals surface area contributed by atoms with Gasteiger partial charge in [-0.05, 0) is 42.7 Å². The van der Waals surface area contributed by atoms with Crippen LogP contribution in [0.1, 0.15) is 40.2 Å². The van der Waals surface area contributed by atoms with Crippen LogP contribution in [0.3, 0.4) is 0 Å². The molecule has 0 spiro atoms. The Labute approximate surface area is 228 Å². The number of carbonyl (C=O) groups excluding carboxylic acids is 1. The Morgan fingerprint density at radius 1 is 1.21 bits per heavy atom. The molecule has 7 nitrogen and oxygen atoms in total. The van der Waals surface area contributed by atoms with Gasteiger partial charge in [0.1, 0.15) is 11.6 Å². The first-order valence-corrected chi connectivity index (χ1v) is 14.9. The molecule has 2 heterocycles. The number of hydrogen-bond donors (Lipinski definition) is 1. The van der Waals surface area contributed by atoms with E-state index in [1.54, 1.807) is 19.1 Å². The number of likely N-dealkylation sites (tertiary alicyclic amines) is 1. The van der Waals surface area contributed by atoms with E-state index in [1.165, 1.54) is 41.7 Å². The van der Waals surface area contributed by atoms with Gasteiger partial charge >= 0.3 is 0 Å². The number of hydrogen-bond acceptors (Lipinski definition) is 5. The first-order valence-electron chi connectivity index (χ1n) is 13.1. The molecule has 1 N–H and O–H groups in total. The van der Waals surface area contributed by atoms with Gasteiger partial charge in [-0.1, -0.05) is 24.3 Å². The fourth-order valence-electron chi connectivity index (χ4n) is 5.93. The van der Waals surface area contributed by atoms with E-state index in [1.807, 2.05) is 4.90 Å². The third-order valence-corrected chi connectivity index (χ3v) is 9.40. The number of Topliss-reactive ketones (excluding diaryl/α,β-unsaturated/α-hetero) is 1.